The Morgan fingerprint density at radius 1 is 1.12 bits per heavy atom. The molecule has 1 aromatic carbocycles. The largest absolute Gasteiger partial charge is 0.363 e. The van der Waals surface area contributed by atoms with Crippen molar-refractivity contribution < 1.29 is 8.78 Å². The van der Waals surface area contributed by atoms with Crippen LogP contribution < -0.4 is 10.6 Å². The van der Waals surface area contributed by atoms with Crippen molar-refractivity contribution in [2.45, 2.75) is 31.8 Å². The lowest BCUT2D eigenvalue weighted by atomic mass is 10.1. The third kappa shape index (κ3) is 4.31. The molecule has 32 heavy (non-hydrogen) atoms. The summed E-state index contributed by atoms with van der Waals surface area (Å²) < 4.78 is 31.4. The molecule has 3 aromatic heterocycles. The number of nitrogens with zero attached hydrogens (tertiary/aromatic N) is 5. The first-order valence-corrected chi connectivity index (χ1v) is 10.4. The number of hydrogen-bond acceptors (Lipinski definition) is 5. The zero-order chi connectivity index (χ0) is 21.4. The summed E-state index contributed by atoms with van der Waals surface area (Å²) in [5.74, 6) is -0.383. The number of benzene rings is 1. The molecule has 1 aliphatic heterocycles. The van der Waals surface area contributed by atoms with Crippen molar-refractivity contribution in [1.29, 1.82) is 0 Å². The molecular weight excluding hydrogens is 436 g/mol. The van der Waals surface area contributed by atoms with Crippen LogP contribution in [0.1, 0.15) is 37.4 Å². The fourth-order valence-electron chi connectivity index (χ4n) is 4.05. The van der Waals surface area contributed by atoms with Gasteiger partial charge in [0.05, 0.1) is 24.5 Å². The van der Waals surface area contributed by atoms with Gasteiger partial charge in [0.25, 0.3) is 0 Å². The Morgan fingerprint density at radius 2 is 1.94 bits per heavy atom. The molecule has 0 aliphatic carbocycles. The summed E-state index contributed by atoms with van der Waals surface area (Å²) in [5.41, 5.74) is 2.73. The van der Waals surface area contributed by atoms with Gasteiger partial charge < -0.3 is 10.6 Å². The summed E-state index contributed by atoms with van der Waals surface area (Å²) in [4.78, 5) is 4.68. The van der Waals surface area contributed by atoms with E-state index in [9.17, 15) is 8.78 Å². The molecule has 5 rings (SSSR count). The Labute approximate surface area is 190 Å². The average molecular weight is 460 g/mol. The van der Waals surface area contributed by atoms with Gasteiger partial charge in [0.15, 0.2) is 5.65 Å². The summed E-state index contributed by atoms with van der Waals surface area (Å²) in [6.45, 7) is 3.76. The first kappa shape index (κ1) is 22.2. The van der Waals surface area contributed by atoms with Crippen molar-refractivity contribution in [1.82, 2.24) is 29.7 Å². The normalized spacial score (nSPS) is 15.5. The van der Waals surface area contributed by atoms with Crippen LogP contribution in [-0.4, -0.2) is 37.5 Å². The second-order valence-electron chi connectivity index (χ2n) is 7.86. The van der Waals surface area contributed by atoms with E-state index in [2.05, 4.69) is 25.8 Å². The molecule has 0 amide bonds. The Morgan fingerprint density at radius 3 is 2.75 bits per heavy atom. The third-order valence-electron chi connectivity index (χ3n) is 5.75. The highest BCUT2D eigenvalue weighted by Gasteiger charge is 2.18. The number of aromatic nitrogens is 5. The van der Waals surface area contributed by atoms with Gasteiger partial charge in [-0.3, -0.25) is 4.68 Å². The van der Waals surface area contributed by atoms with Crippen molar-refractivity contribution in [3.05, 3.63) is 66.3 Å². The van der Waals surface area contributed by atoms with E-state index in [1.165, 1.54) is 6.07 Å². The molecule has 0 spiro atoms. The van der Waals surface area contributed by atoms with E-state index in [4.69, 9.17) is 0 Å². The first-order chi connectivity index (χ1) is 15.1. The SMILES string of the molecule is C[C@@H](Nc1ccn2ncc(-c3cnn(C4CCNCC4)c3)c2n1)c1cc(F)ccc1F.Cl. The van der Waals surface area contributed by atoms with Gasteiger partial charge in [0.1, 0.15) is 17.5 Å². The smallest absolute Gasteiger partial charge is 0.165 e. The Kier molecular flexibility index (Phi) is 6.38. The Hall–Kier alpha value is -3.04. The first-order valence-electron chi connectivity index (χ1n) is 10.4. The molecule has 0 unspecified atom stereocenters. The molecule has 1 atom stereocenters. The lowest BCUT2D eigenvalue weighted by molar-refractivity contribution is 0.343. The van der Waals surface area contributed by atoms with Crippen LogP contribution in [0.25, 0.3) is 16.8 Å². The maximum Gasteiger partial charge on any atom is 0.165 e. The molecule has 1 aliphatic rings. The van der Waals surface area contributed by atoms with Gasteiger partial charge in [-0.1, -0.05) is 0 Å². The second kappa shape index (κ2) is 9.22. The van der Waals surface area contributed by atoms with Crippen LogP contribution in [0.3, 0.4) is 0 Å². The van der Waals surface area contributed by atoms with E-state index < -0.39 is 17.7 Å². The van der Waals surface area contributed by atoms with Gasteiger partial charge in [-0.15, -0.1) is 12.4 Å². The fourth-order valence-corrected chi connectivity index (χ4v) is 4.05. The van der Waals surface area contributed by atoms with Gasteiger partial charge in [-0.05, 0) is 57.1 Å². The Balaban J connectivity index is 0.00000245. The van der Waals surface area contributed by atoms with Gasteiger partial charge in [0, 0.05) is 29.1 Å². The van der Waals surface area contributed by atoms with Crippen LogP contribution in [-0.2, 0) is 0 Å². The molecule has 0 bridgehead atoms. The van der Waals surface area contributed by atoms with Crippen LogP contribution in [0.5, 0.6) is 0 Å². The summed E-state index contributed by atoms with van der Waals surface area (Å²) in [6.07, 6.45) is 9.55. The van der Waals surface area contributed by atoms with Crippen molar-refractivity contribution in [3.63, 3.8) is 0 Å². The van der Waals surface area contributed by atoms with Crippen molar-refractivity contribution in [2.75, 3.05) is 18.4 Å². The minimum absolute atomic E-state index is 0. The van der Waals surface area contributed by atoms with Gasteiger partial charge in [0.2, 0.25) is 0 Å². The minimum atomic E-state index is -0.475. The van der Waals surface area contributed by atoms with Crippen LogP contribution in [0.15, 0.2) is 49.1 Å². The molecule has 4 aromatic rings. The highest BCUT2D eigenvalue weighted by atomic mass is 35.5. The van der Waals surface area contributed by atoms with Crippen molar-refractivity contribution in [2.24, 2.45) is 0 Å². The van der Waals surface area contributed by atoms with Crippen LogP contribution in [0.4, 0.5) is 14.6 Å². The van der Waals surface area contributed by atoms with Crippen LogP contribution in [0.2, 0.25) is 0 Å². The molecule has 7 nitrogen and oxygen atoms in total. The minimum Gasteiger partial charge on any atom is -0.363 e. The maximum absolute atomic E-state index is 14.1. The maximum atomic E-state index is 14.1. The monoisotopic (exact) mass is 459 g/mol. The number of nitrogens with one attached hydrogen (secondary N) is 2. The van der Waals surface area contributed by atoms with Gasteiger partial charge >= 0.3 is 0 Å². The molecule has 1 fully saturated rings. The number of rotatable bonds is 5. The van der Waals surface area contributed by atoms with E-state index in [0.29, 0.717) is 17.5 Å². The van der Waals surface area contributed by atoms with E-state index in [0.717, 1.165) is 49.2 Å². The molecule has 2 N–H and O–H groups in total. The number of hydrogen-bond donors (Lipinski definition) is 2. The average Bonchev–Trinajstić information content (AvgIpc) is 3.43. The van der Waals surface area contributed by atoms with E-state index in [1.807, 2.05) is 17.1 Å². The molecule has 0 radical (unpaired) electrons. The predicted molar refractivity (Wildman–Crippen MR) is 121 cm³/mol. The lowest BCUT2D eigenvalue weighted by Gasteiger charge is -2.22. The molecule has 0 saturated carbocycles. The quantitative estimate of drug-likeness (QED) is 0.463. The summed E-state index contributed by atoms with van der Waals surface area (Å²) in [7, 11) is 0. The number of halogens is 3. The second-order valence-corrected chi connectivity index (χ2v) is 7.86. The topological polar surface area (TPSA) is 72.1 Å². The molecule has 1 saturated heterocycles. The summed E-state index contributed by atoms with van der Waals surface area (Å²) >= 11 is 0. The fraction of sp³-hybridized carbons (Fsp3) is 0.318. The Bertz CT molecular complexity index is 1220. The van der Waals surface area contributed by atoms with E-state index >= 15 is 0 Å². The summed E-state index contributed by atoms with van der Waals surface area (Å²) in [5, 5.41) is 15.5. The van der Waals surface area contributed by atoms with Crippen LogP contribution in [0, 0.1) is 11.6 Å². The predicted octanol–water partition coefficient (Wildman–Crippen LogP) is 4.39. The van der Waals surface area contributed by atoms with Crippen LogP contribution >= 0.6 is 12.4 Å². The van der Waals surface area contributed by atoms with Gasteiger partial charge in [-0.2, -0.15) is 10.2 Å². The lowest BCUT2D eigenvalue weighted by Crippen LogP contribution is -2.29. The molecule has 10 heteroatoms. The van der Waals surface area contributed by atoms with Gasteiger partial charge in [-0.25, -0.2) is 18.3 Å². The third-order valence-corrected chi connectivity index (χ3v) is 5.75. The zero-order valence-electron chi connectivity index (χ0n) is 17.5. The number of piperidine rings is 1. The molecular formula is C22H24ClF2N7. The zero-order valence-corrected chi connectivity index (χ0v) is 18.3. The van der Waals surface area contributed by atoms with E-state index in [1.54, 1.807) is 29.9 Å². The number of anilines is 1. The highest BCUT2D eigenvalue weighted by molar-refractivity contribution is 5.85. The summed E-state index contributed by atoms with van der Waals surface area (Å²) in [6, 6.07) is 5.14. The molecule has 4 heterocycles. The standard InChI is InChI=1S/C22H23F2N7.ClH/c1-14(18-10-16(23)2-3-20(18)24)28-21-6-9-30-22(29-21)19(12-27-30)15-11-26-31(13-15)17-4-7-25-8-5-17;/h2-3,6,9-14,17,25H,4-5,7-8H2,1H3,(H,28,29);1H/t14-;/m1./s1. The molecule has 168 valence electrons. The van der Waals surface area contributed by atoms with Crippen molar-refractivity contribution >= 4 is 23.9 Å². The number of fused-ring (bicyclic) bond motifs is 1. The highest BCUT2D eigenvalue weighted by Crippen LogP contribution is 2.27. The van der Waals surface area contributed by atoms with Crippen molar-refractivity contribution in [3.8, 4) is 11.1 Å². The van der Waals surface area contributed by atoms with E-state index in [-0.39, 0.29) is 18.0 Å².